The van der Waals surface area contributed by atoms with Crippen molar-refractivity contribution >= 4 is 0 Å². The molecule has 1 fully saturated rings. The third-order valence-electron chi connectivity index (χ3n) is 2.90. The molecule has 0 amide bonds. The normalized spacial score (nSPS) is 21.6. The second-order valence-electron chi connectivity index (χ2n) is 4.19. The lowest BCUT2D eigenvalue weighted by Crippen LogP contribution is -2.13. The summed E-state index contributed by atoms with van der Waals surface area (Å²) in [5.74, 6) is 0. The maximum Gasteiger partial charge on any atom is 0.0576 e. The highest BCUT2D eigenvalue weighted by Crippen LogP contribution is 2.18. The van der Waals surface area contributed by atoms with Gasteiger partial charge in [-0.25, -0.2) is 0 Å². The van der Waals surface area contributed by atoms with Gasteiger partial charge in [0.15, 0.2) is 0 Å². The third kappa shape index (κ3) is 5.61. The molecule has 0 spiro atoms. The van der Waals surface area contributed by atoms with Gasteiger partial charge in [-0.1, -0.05) is 26.2 Å². The van der Waals surface area contributed by atoms with E-state index >= 15 is 0 Å². The summed E-state index contributed by atoms with van der Waals surface area (Å²) in [6.07, 6.45) is 9.92. The van der Waals surface area contributed by atoms with Crippen LogP contribution in [0.5, 0.6) is 0 Å². The molecule has 1 saturated heterocycles. The zero-order chi connectivity index (χ0) is 10.1. The zero-order valence-corrected chi connectivity index (χ0v) is 9.56. The Morgan fingerprint density at radius 2 is 2.07 bits per heavy atom. The molecule has 14 heavy (non-hydrogen) atoms. The van der Waals surface area contributed by atoms with Crippen molar-refractivity contribution in [3.05, 3.63) is 0 Å². The molecule has 2 heteroatoms. The average Bonchev–Trinajstić information content (AvgIpc) is 2.69. The van der Waals surface area contributed by atoms with Gasteiger partial charge in [0.25, 0.3) is 0 Å². The largest absolute Gasteiger partial charge is 0.378 e. The minimum Gasteiger partial charge on any atom is -0.378 e. The lowest BCUT2D eigenvalue weighted by Gasteiger charge is -2.08. The van der Waals surface area contributed by atoms with E-state index in [2.05, 4.69) is 12.2 Å². The summed E-state index contributed by atoms with van der Waals surface area (Å²) < 4.78 is 5.59. The predicted molar refractivity (Wildman–Crippen MR) is 60.6 cm³/mol. The summed E-state index contributed by atoms with van der Waals surface area (Å²) in [5.41, 5.74) is 0. The zero-order valence-electron chi connectivity index (χ0n) is 9.56. The molecule has 1 aliphatic heterocycles. The SMILES string of the molecule is CCNCCCCCCC1CCCO1. The fourth-order valence-electron chi connectivity index (χ4n) is 2.02. The molecule has 0 radical (unpaired) electrons. The Hall–Kier alpha value is -0.0800. The molecule has 1 rings (SSSR count). The quantitative estimate of drug-likeness (QED) is 0.607. The van der Waals surface area contributed by atoms with Crippen molar-refractivity contribution in [3.8, 4) is 0 Å². The number of hydrogen-bond acceptors (Lipinski definition) is 2. The maximum absolute atomic E-state index is 5.59. The van der Waals surface area contributed by atoms with Crippen LogP contribution >= 0.6 is 0 Å². The van der Waals surface area contributed by atoms with Crippen molar-refractivity contribution < 1.29 is 4.74 Å². The first-order chi connectivity index (χ1) is 6.93. The number of hydrogen-bond donors (Lipinski definition) is 1. The monoisotopic (exact) mass is 199 g/mol. The van der Waals surface area contributed by atoms with Crippen LogP contribution in [0.15, 0.2) is 0 Å². The first kappa shape index (κ1) is 12.0. The molecule has 2 nitrogen and oxygen atoms in total. The first-order valence-electron chi connectivity index (χ1n) is 6.26. The summed E-state index contributed by atoms with van der Waals surface area (Å²) in [7, 11) is 0. The Kier molecular flexibility index (Phi) is 7.06. The Morgan fingerprint density at radius 3 is 2.79 bits per heavy atom. The molecular weight excluding hydrogens is 174 g/mol. The highest BCUT2D eigenvalue weighted by atomic mass is 16.5. The molecule has 0 bridgehead atoms. The molecule has 84 valence electrons. The molecule has 0 saturated carbocycles. The van der Waals surface area contributed by atoms with Gasteiger partial charge in [-0.15, -0.1) is 0 Å². The van der Waals surface area contributed by atoms with Crippen molar-refractivity contribution in [2.24, 2.45) is 0 Å². The minimum absolute atomic E-state index is 0.601. The Bertz CT molecular complexity index is 121. The van der Waals surface area contributed by atoms with Crippen LogP contribution in [0.1, 0.15) is 51.9 Å². The minimum atomic E-state index is 0.601. The van der Waals surface area contributed by atoms with Crippen molar-refractivity contribution in [3.63, 3.8) is 0 Å². The van der Waals surface area contributed by atoms with Gasteiger partial charge < -0.3 is 10.1 Å². The molecule has 1 atom stereocenters. The standard InChI is InChI=1S/C12H25NO/c1-2-13-10-6-4-3-5-8-12-9-7-11-14-12/h12-13H,2-11H2,1H3. The molecule has 0 aromatic carbocycles. The predicted octanol–water partition coefficient (Wildman–Crippen LogP) is 2.73. The fourth-order valence-corrected chi connectivity index (χ4v) is 2.02. The third-order valence-corrected chi connectivity index (χ3v) is 2.90. The molecule has 0 aromatic rings. The highest BCUT2D eigenvalue weighted by Gasteiger charge is 2.13. The second kappa shape index (κ2) is 8.25. The summed E-state index contributed by atoms with van der Waals surface area (Å²) in [6, 6.07) is 0. The molecule has 1 unspecified atom stereocenters. The van der Waals surface area contributed by atoms with Crippen molar-refractivity contribution in [1.29, 1.82) is 0 Å². The van der Waals surface area contributed by atoms with Crippen LogP contribution in [0.4, 0.5) is 0 Å². The molecule has 1 heterocycles. The molecule has 1 N–H and O–H groups in total. The van der Waals surface area contributed by atoms with Crippen LogP contribution in [0.2, 0.25) is 0 Å². The van der Waals surface area contributed by atoms with Gasteiger partial charge in [0, 0.05) is 6.61 Å². The number of ether oxygens (including phenoxy) is 1. The van der Waals surface area contributed by atoms with Crippen LogP contribution in [0.3, 0.4) is 0 Å². The number of unbranched alkanes of at least 4 members (excludes halogenated alkanes) is 3. The Morgan fingerprint density at radius 1 is 1.21 bits per heavy atom. The smallest absolute Gasteiger partial charge is 0.0576 e. The van der Waals surface area contributed by atoms with E-state index in [-0.39, 0.29) is 0 Å². The van der Waals surface area contributed by atoms with Gasteiger partial charge in [-0.3, -0.25) is 0 Å². The van der Waals surface area contributed by atoms with E-state index in [1.165, 1.54) is 51.5 Å². The van der Waals surface area contributed by atoms with Crippen molar-refractivity contribution in [2.45, 2.75) is 58.0 Å². The van der Waals surface area contributed by atoms with Gasteiger partial charge in [-0.05, 0) is 38.8 Å². The first-order valence-corrected chi connectivity index (χ1v) is 6.26. The number of nitrogens with one attached hydrogen (secondary N) is 1. The van der Waals surface area contributed by atoms with E-state index < -0.39 is 0 Å². The Labute approximate surface area is 88.4 Å². The van der Waals surface area contributed by atoms with Gasteiger partial charge in [0.1, 0.15) is 0 Å². The van der Waals surface area contributed by atoms with Gasteiger partial charge >= 0.3 is 0 Å². The van der Waals surface area contributed by atoms with Gasteiger partial charge in [-0.2, -0.15) is 0 Å². The van der Waals surface area contributed by atoms with Crippen LogP contribution in [0, 0.1) is 0 Å². The molecule has 1 aliphatic rings. The number of rotatable bonds is 8. The topological polar surface area (TPSA) is 21.3 Å². The lowest BCUT2D eigenvalue weighted by molar-refractivity contribution is 0.102. The summed E-state index contributed by atoms with van der Waals surface area (Å²) in [6.45, 7) is 5.47. The summed E-state index contributed by atoms with van der Waals surface area (Å²) >= 11 is 0. The van der Waals surface area contributed by atoms with Crippen molar-refractivity contribution in [2.75, 3.05) is 19.7 Å². The van der Waals surface area contributed by atoms with Crippen LogP contribution < -0.4 is 5.32 Å². The second-order valence-corrected chi connectivity index (χ2v) is 4.19. The van der Waals surface area contributed by atoms with Gasteiger partial charge in [0.05, 0.1) is 6.10 Å². The fraction of sp³-hybridized carbons (Fsp3) is 1.00. The van der Waals surface area contributed by atoms with E-state index in [1.54, 1.807) is 0 Å². The van der Waals surface area contributed by atoms with Crippen LogP contribution in [-0.4, -0.2) is 25.8 Å². The summed E-state index contributed by atoms with van der Waals surface area (Å²) in [4.78, 5) is 0. The van der Waals surface area contributed by atoms with E-state index in [4.69, 9.17) is 4.74 Å². The highest BCUT2D eigenvalue weighted by molar-refractivity contribution is 4.64. The van der Waals surface area contributed by atoms with E-state index in [0.717, 1.165) is 13.2 Å². The van der Waals surface area contributed by atoms with Crippen LogP contribution in [-0.2, 0) is 4.74 Å². The lowest BCUT2D eigenvalue weighted by atomic mass is 10.1. The molecular formula is C12H25NO. The van der Waals surface area contributed by atoms with E-state index in [1.807, 2.05) is 0 Å². The summed E-state index contributed by atoms with van der Waals surface area (Å²) in [5, 5.41) is 3.36. The molecule has 0 aromatic heterocycles. The molecule has 0 aliphatic carbocycles. The Balaban J connectivity index is 1.75. The van der Waals surface area contributed by atoms with Gasteiger partial charge in [0.2, 0.25) is 0 Å². The van der Waals surface area contributed by atoms with E-state index in [0.29, 0.717) is 6.10 Å². The van der Waals surface area contributed by atoms with Crippen LogP contribution in [0.25, 0.3) is 0 Å². The van der Waals surface area contributed by atoms with E-state index in [9.17, 15) is 0 Å². The van der Waals surface area contributed by atoms with Crippen molar-refractivity contribution in [1.82, 2.24) is 5.32 Å². The maximum atomic E-state index is 5.59. The average molecular weight is 199 g/mol.